The topological polar surface area (TPSA) is 86.5 Å². The summed E-state index contributed by atoms with van der Waals surface area (Å²) in [4.78, 5) is 20.7. The minimum atomic E-state index is -0.677. The highest BCUT2D eigenvalue weighted by atomic mass is 35.5. The number of rotatable bonds is 6. The van der Waals surface area contributed by atoms with Gasteiger partial charge in [-0.15, -0.1) is 0 Å². The van der Waals surface area contributed by atoms with Gasteiger partial charge < -0.3 is 19.2 Å². The van der Waals surface area contributed by atoms with Crippen LogP contribution in [0.4, 0.5) is 5.82 Å². The molecule has 0 radical (unpaired) electrons. The van der Waals surface area contributed by atoms with E-state index < -0.39 is 5.97 Å². The van der Waals surface area contributed by atoms with Gasteiger partial charge in [-0.1, -0.05) is 23.2 Å². The third-order valence-electron chi connectivity index (χ3n) is 3.65. The van der Waals surface area contributed by atoms with Crippen molar-refractivity contribution in [2.45, 2.75) is 6.54 Å². The number of aromatic nitrogens is 2. The second-order valence-electron chi connectivity index (χ2n) is 5.33. The van der Waals surface area contributed by atoms with Crippen LogP contribution in [-0.4, -0.2) is 30.2 Å². The van der Waals surface area contributed by atoms with E-state index in [2.05, 4.69) is 15.3 Å². The van der Waals surface area contributed by atoms with Gasteiger partial charge in [0.1, 0.15) is 22.4 Å². The molecular weight excluding hydrogens is 393 g/mol. The second-order valence-corrected chi connectivity index (χ2v) is 6.12. The Morgan fingerprint density at radius 1 is 1.22 bits per heavy atom. The molecule has 0 spiro atoms. The van der Waals surface area contributed by atoms with Crippen LogP contribution in [0.15, 0.2) is 41.0 Å². The van der Waals surface area contributed by atoms with E-state index in [9.17, 15) is 4.79 Å². The minimum absolute atomic E-state index is 0.0526. The van der Waals surface area contributed by atoms with Gasteiger partial charge in [0, 0.05) is 5.56 Å². The lowest BCUT2D eigenvalue weighted by molar-refractivity contribution is 0.0594. The average Bonchev–Trinajstić information content (AvgIpc) is 3.20. The molecule has 140 valence electrons. The Kier molecular flexibility index (Phi) is 5.83. The maximum Gasteiger partial charge on any atom is 0.358 e. The number of methoxy groups -OCH3 is 2. The molecule has 7 nitrogen and oxygen atoms in total. The Morgan fingerprint density at radius 2 is 2.04 bits per heavy atom. The lowest BCUT2D eigenvalue weighted by atomic mass is 10.2. The number of hydrogen-bond donors (Lipinski definition) is 1. The first kappa shape index (κ1) is 19.0. The molecule has 0 fully saturated rings. The number of halogens is 2. The summed E-state index contributed by atoms with van der Waals surface area (Å²) in [7, 11) is 2.77. The van der Waals surface area contributed by atoms with Gasteiger partial charge in [0.2, 0.25) is 0 Å². The zero-order valence-corrected chi connectivity index (χ0v) is 16.0. The van der Waals surface area contributed by atoms with E-state index in [0.717, 1.165) is 0 Å². The molecule has 0 aliphatic rings. The smallest absolute Gasteiger partial charge is 0.358 e. The number of ether oxygens (including phenoxy) is 2. The third kappa shape index (κ3) is 4.15. The van der Waals surface area contributed by atoms with Gasteiger partial charge in [0.05, 0.1) is 32.1 Å². The molecule has 2 aromatic heterocycles. The van der Waals surface area contributed by atoms with E-state index in [1.807, 2.05) is 0 Å². The van der Waals surface area contributed by atoms with Crippen LogP contribution in [0.3, 0.4) is 0 Å². The number of nitrogens with one attached hydrogen (secondary N) is 1. The Morgan fingerprint density at radius 3 is 2.67 bits per heavy atom. The number of nitrogens with zero attached hydrogens (tertiary/aromatic N) is 2. The standard InChI is InChI=1S/C18H15Cl2N3O4/c1-25-13-6-5-10(8-12(13)19)16-22-15(18(24)26-2)14(20)17(23-16)21-9-11-4-3-7-27-11/h3-8H,9H2,1-2H3,(H,21,22,23). The molecule has 0 aliphatic carbocycles. The van der Waals surface area contributed by atoms with Gasteiger partial charge in [0.15, 0.2) is 11.5 Å². The zero-order chi connectivity index (χ0) is 19.4. The molecule has 0 amide bonds. The minimum Gasteiger partial charge on any atom is -0.495 e. The molecule has 2 heterocycles. The summed E-state index contributed by atoms with van der Waals surface area (Å²) < 4.78 is 15.2. The highest BCUT2D eigenvalue weighted by Crippen LogP contribution is 2.32. The average molecular weight is 408 g/mol. The van der Waals surface area contributed by atoms with Crippen molar-refractivity contribution in [3.63, 3.8) is 0 Å². The van der Waals surface area contributed by atoms with Crippen LogP contribution < -0.4 is 10.1 Å². The molecule has 0 bridgehead atoms. The fourth-order valence-corrected chi connectivity index (χ4v) is 2.80. The lowest BCUT2D eigenvalue weighted by Gasteiger charge is -2.12. The SMILES string of the molecule is COC(=O)c1nc(-c2ccc(OC)c(Cl)c2)nc(NCc2ccco2)c1Cl. The Balaban J connectivity index is 2.03. The number of furan rings is 1. The van der Waals surface area contributed by atoms with Gasteiger partial charge in [-0.25, -0.2) is 14.8 Å². The molecule has 9 heteroatoms. The Bertz CT molecular complexity index is 961. The Labute approximate surface area is 165 Å². The molecule has 0 aliphatic heterocycles. The predicted octanol–water partition coefficient (Wildman–Crippen LogP) is 4.45. The molecule has 27 heavy (non-hydrogen) atoms. The molecule has 0 saturated heterocycles. The number of anilines is 1. The monoisotopic (exact) mass is 407 g/mol. The van der Waals surface area contributed by atoms with Crippen molar-refractivity contribution in [2.75, 3.05) is 19.5 Å². The fourth-order valence-electron chi connectivity index (χ4n) is 2.31. The fraction of sp³-hybridized carbons (Fsp3) is 0.167. The van der Waals surface area contributed by atoms with Crippen LogP contribution in [0.5, 0.6) is 5.75 Å². The summed E-state index contributed by atoms with van der Waals surface area (Å²) in [6, 6.07) is 8.62. The molecule has 1 aromatic carbocycles. The van der Waals surface area contributed by atoms with Crippen molar-refractivity contribution in [1.82, 2.24) is 9.97 Å². The number of carbonyl (C=O) groups excluding carboxylic acids is 1. The van der Waals surface area contributed by atoms with Crippen LogP contribution >= 0.6 is 23.2 Å². The van der Waals surface area contributed by atoms with E-state index >= 15 is 0 Å². The van der Waals surface area contributed by atoms with Crippen molar-refractivity contribution in [3.8, 4) is 17.1 Å². The van der Waals surface area contributed by atoms with Gasteiger partial charge in [0.25, 0.3) is 0 Å². The van der Waals surface area contributed by atoms with E-state index in [-0.39, 0.29) is 22.4 Å². The van der Waals surface area contributed by atoms with Crippen molar-refractivity contribution < 1.29 is 18.7 Å². The number of hydrogen-bond acceptors (Lipinski definition) is 7. The summed E-state index contributed by atoms with van der Waals surface area (Å²) in [5.74, 6) is 1.04. The molecule has 3 aromatic rings. The van der Waals surface area contributed by atoms with Gasteiger partial charge in [-0.3, -0.25) is 0 Å². The van der Waals surface area contributed by atoms with E-state index in [4.69, 9.17) is 37.1 Å². The maximum atomic E-state index is 12.1. The molecule has 0 saturated carbocycles. The zero-order valence-electron chi connectivity index (χ0n) is 14.5. The molecule has 1 N–H and O–H groups in total. The van der Waals surface area contributed by atoms with Crippen LogP contribution in [0.25, 0.3) is 11.4 Å². The highest BCUT2D eigenvalue weighted by Gasteiger charge is 2.21. The van der Waals surface area contributed by atoms with E-state index in [0.29, 0.717) is 28.6 Å². The van der Waals surface area contributed by atoms with E-state index in [1.165, 1.54) is 14.2 Å². The first-order valence-electron chi connectivity index (χ1n) is 7.79. The summed E-state index contributed by atoms with van der Waals surface area (Å²) in [5, 5.41) is 3.48. The first-order valence-corrected chi connectivity index (χ1v) is 8.55. The van der Waals surface area contributed by atoms with Crippen LogP contribution in [0.2, 0.25) is 10.0 Å². The predicted molar refractivity (Wildman–Crippen MR) is 101 cm³/mol. The van der Waals surface area contributed by atoms with Crippen molar-refractivity contribution in [2.24, 2.45) is 0 Å². The van der Waals surface area contributed by atoms with Crippen molar-refractivity contribution in [1.29, 1.82) is 0 Å². The molecule has 3 rings (SSSR count). The largest absolute Gasteiger partial charge is 0.495 e. The number of esters is 1. The summed E-state index contributed by atoms with van der Waals surface area (Å²) in [6.45, 7) is 0.327. The summed E-state index contributed by atoms with van der Waals surface area (Å²) in [5.41, 5.74) is 0.529. The third-order valence-corrected chi connectivity index (χ3v) is 4.30. The van der Waals surface area contributed by atoms with Gasteiger partial charge >= 0.3 is 5.97 Å². The Hall–Kier alpha value is -2.77. The molecule has 0 unspecified atom stereocenters. The van der Waals surface area contributed by atoms with Gasteiger partial charge in [-0.2, -0.15) is 0 Å². The van der Waals surface area contributed by atoms with Gasteiger partial charge in [-0.05, 0) is 30.3 Å². The highest BCUT2D eigenvalue weighted by molar-refractivity contribution is 6.35. The van der Waals surface area contributed by atoms with E-state index in [1.54, 1.807) is 36.6 Å². The van der Waals surface area contributed by atoms with Crippen molar-refractivity contribution in [3.05, 3.63) is 58.1 Å². The molecular formula is C18H15Cl2N3O4. The maximum absolute atomic E-state index is 12.1. The summed E-state index contributed by atoms with van der Waals surface area (Å²) >= 11 is 12.5. The summed E-state index contributed by atoms with van der Waals surface area (Å²) in [6.07, 6.45) is 1.56. The molecule has 0 atom stereocenters. The van der Waals surface area contributed by atoms with Crippen LogP contribution in [-0.2, 0) is 11.3 Å². The second kappa shape index (κ2) is 8.28. The normalized spacial score (nSPS) is 10.5. The number of benzene rings is 1. The van der Waals surface area contributed by atoms with Crippen LogP contribution in [0.1, 0.15) is 16.2 Å². The van der Waals surface area contributed by atoms with Crippen molar-refractivity contribution >= 4 is 35.0 Å². The first-order chi connectivity index (χ1) is 13.0. The van der Waals surface area contributed by atoms with Crippen LogP contribution in [0, 0.1) is 0 Å². The number of carbonyl (C=O) groups is 1. The lowest BCUT2D eigenvalue weighted by Crippen LogP contribution is -2.11. The quantitative estimate of drug-likeness (QED) is 0.603.